The molecule has 0 saturated carbocycles. The van der Waals surface area contributed by atoms with Gasteiger partial charge >= 0.3 is 11.4 Å². The Labute approximate surface area is 99.3 Å². The molecule has 0 saturated heterocycles. The van der Waals surface area contributed by atoms with Crippen LogP contribution in [0.5, 0.6) is 0 Å². The lowest BCUT2D eigenvalue weighted by Crippen LogP contribution is -2.19. The minimum Gasteiger partial charge on any atom is -0.758 e. The van der Waals surface area contributed by atoms with Crippen LogP contribution in [0.1, 0.15) is 11.7 Å². The molecule has 0 aliphatic rings. The van der Waals surface area contributed by atoms with Gasteiger partial charge in [-0.05, 0) is 12.1 Å². The Morgan fingerprint density at radius 2 is 1.72 bits per heavy atom. The molecule has 1 rings (SSSR count). The number of furan rings is 1. The second-order valence-corrected chi connectivity index (χ2v) is 2.99. The Morgan fingerprint density at radius 3 is 2.00 bits per heavy atom. The minimum atomic E-state index is -1.60. The van der Waals surface area contributed by atoms with Gasteiger partial charge in [0.05, 0.1) is 16.1 Å². The molecule has 1 aromatic rings. The fourth-order valence-corrected chi connectivity index (χ4v) is 1.29. The van der Waals surface area contributed by atoms with Gasteiger partial charge in [-0.1, -0.05) is 0 Å². The summed E-state index contributed by atoms with van der Waals surface area (Å²) in [6.07, 6.45) is 1.17. The Morgan fingerprint density at radius 1 is 1.22 bits per heavy atom. The van der Waals surface area contributed by atoms with Gasteiger partial charge in [-0.15, -0.1) is 0 Å². The molecule has 0 radical (unpaired) electrons. The molecule has 2 N–H and O–H groups in total. The lowest BCUT2D eigenvalue weighted by Gasteiger charge is -2.03. The number of hydrogen-bond acceptors (Lipinski definition) is 3. The molecule has 0 unspecified atom stereocenters. The van der Waals surface area contributed by atoms with Gasteiger partial charge in [0.2, 0.25) is 5.92 Å². The van der Waals surface area contributed by atoms with Crippen molar-refractivity contribution in [1.82, 2.24) is 0 Å². The summed E-state index contributed by atoms with van der Waals surface area (Å²) in [4.78, 5) is 20.0. The zero-order valence-electron chi connectivity index (χ0n) is 8.72. The average molecular weight is 250 g/mol. The molecule has 1 aromatic heterocycles. The highest BCUT2D eigenvalue weighted by Crippen LogP contribution is 2.29. The Kier molecular flexibility index (Phi) is 3.88. The van der Waals surface area contributed by atoms with E-state index in [2.05, 4.69) is 0 Å². The van der Waals surface area contributed by atoms with E-state index in [1.165, 1.54) is 30.1 Å². The van der Waals surface area contributed by atoms with E-state index in [1.807, 2.05) is 0 Å². The van der Waals surface area contributed by atoms with E-state index in [1.54, 1.807) is 0 Å². The van der Waals surface area contributed by atoms with E-state index in [-0.39, 0.29) is 5.76 Å². The van der Waals surface area contributed by atoms with Crippen LogP contribution in [-0.4, -0.2) is 32.0 Å². The van der Waals surface area contributed by atoms with Gasteiger partial charge in [-0.2, -0.15) is 11.7 Å². The first-order chi connectivity index (χ1) is 8.52. The predicted octanol–water partition coefficient (Wildman–Crippen LogP) is 0.945. The lowest BCUT2D eigenvalue weighted by atomic mass is 10.00. The van der Waals surface area contributed by atoms with E-state index in [4.69, 9.17) is 25.7 Å². The molecule has 0 aromatic carbocycles. The molecule has 0 atom stereocenters. The van der Waals surface area contributed by atoms with Crippen LogP contribution in [0.4, 0.5) is 0 Å². The van der Waals surface area contributed by atoms with Gasteiger partial charge in [0.1, 0.15) is 5.76 Å². The molecule has 0 fully saturated rings. The number of rotatable bonds is 5. The topological polar surface area (TPSA) is 138 Å². The zero-order chi connectivity index (χ0) is 13.7. The van der Waals surface area contributed by atoms with Crippen molar-refractivity contribution in [2.45, 2.75) is 5.92 Å². The Balaban J connectivity index is 3.46. The van der Waals surface area contributed by atoms with Crippen LogP contribution in [0.3, 0.4) is 0 Å². The van der Waals surface area contributed by atoms with Crippen molar-refractivity contribution < 1.29 is 24.7 Å². The molecule has 0 spiro atoms. The summed E-state index contributed by atoms with van der Waals surface area (Å²) >= 11 is 0. The maximum Gasteiger partial charge on any atom is 0.335 e. The Hall–Kier alpha value is -3.02. The van der Waals surface area contributed by atoms with Crippen molar-refractivity contribution >= 4 is 11.7 Å². The van der Waals surface area contributed by atoms with Crippen LogP contribution in [0.25, 0.3) is 10.8 Å². The van der Waals surface area contributed by atoms with Gasteiger partial charge < -0.3 is 15.2 Å². The molecule has 0 aliphatic carbocycles. The van der Waals surface area contributed by atoms with E-state index < -0.39 is 27.2 Å². The maximum atomic E-state index is 10.8. The third-order valence-electron chi connectivity index (χ3n) is 2.02. The average Bonchev–Trinajstić information content (AvgIpc) is 2.81. The summed E-state index contributed by atoms with van der Waals surface area (Å²) in [7, 11) is 0. The highest BCUT2D eigenvalue weighted by Gasteiger charge is 2.43. The van der Waals surface area contributed by atoms with Crippen LogP contribution in [0.2, 0.25) is 0 Å². The second kappa shape index (κ2) is 5.35. The largest absolute Gasteiger partial charge is 0.758 e. The molecule has 18 heavy (non-hydrogen) atoms. The summed E-state index contributed by atoms with van der Waals surface area (Å²) in [6.45, 7) is 0. The lowest BCUT2D eigenvalue weighted by molar-refractivity contribution is -0.769. The fourth-order valence-electron chi connectivity index (χ4n) is 1.29. The zero-order valence-corrected chi connectivity index (χ0v) is 8.72. The summed E-state index contributed by atoms with van der Waals surface area (Å²) in [5.74, 6) is 0.933. The molecule has 0 amide bonds. The van der Waals surface area contributed by atoms with Gasteiger partial charge in [0.25, 0.3) is 9.85 Å². The van der Waals surface area contributed by atoms with E-state index in [0.29, 0.717) is 0 Å². The molecule has 0 aliphatic heterocycles. The Bertz CT molecular complexity index is 542. The molecular weight excluding hydrogens is 244 g/mol. The standard InChI is InChI=1S/C9H6N4O5/c10-4-6(12(14)15)9(7(5-11)13(16)17)8-2-1-3-18-8/h1-3,9H,(H,14,15)(H,16,17). The van der Waals surface area contributed by atoms with Gasteiger partial charge in [-0.25, -0.2) is 10.4 Å². The minimum absolute atomic E-state index is 0.132. The van der Waals surface area contributed by atoms with Gasteiger partial charge in [-0.3, -0.25) is 0 Å². The van der Waals surface area contributed by atoms with Gasteiger partial charge in [0, 0.05) is 0 Å². The summed E-state index contributed by atoms with van der Waals surface area (Å²) in [6, 6.07) is 2.65. The van der Waals surface area contributed by atoms with Crippen molar-refractivity contribution in [2.24, 2.45) is 0 Å². The second-order valence-electron chi connectivity index (χ2n) is 2.99. The normalized spacial score (nSPS) is 10.9. The first-order valence-electron chi connectivity index (χ1n) is 4.42. The highest BCUT2D eigenvalue weighted by atomic mass is 16.6. The molecule has 9 heteroatoms. The first kappa shape index (κ1) is 13.0. The van der Waals surface area contributed by atoms with Crippen LogP contribution in [0.15, 0.2) is 34.2 Å². The van der Waals surface area contributed by atoms with E-state index in [9.17, 15) is 9.81 Å². The maximum absolute atomic E-state index is 10.8. The van der Waals surface area contributed by atoms with E-state index >= 15 is 0 Å². The number of hydrogen-bond donors (Lipinski definition) is 2. The van der Waals surface area contributed by atoms with Crippen molar-refractivity contribution in [2.75, 3.05) is 0 Å². The summed E-state index contributed by atoms with van der Waals surface area (Å²) < 4.78 is 4.86. The molecule has 0 bridgehead atoms. The molecule has 1 heterocycles. The van der Waals surface area contributed by atoms with Gasteiger partial charge in [0.15, 0.2) is 0 Å². The molecule has 9 nitrogen and oxygen atoms in total. The monoisotopic (exact) mass is 250 g/mol. The van der Waals surface area contributed by atoms with Crippen molar-refractivity contribution in [3.05, 3.63) is 56.2 Å². The van der Waals surface area contributed by atoms with Crippen LogP contribution in [0, 0.1) is 9.81 Å². The third kappa shape index (κ3) is 2.38. The van der Waals surface area contributed by atoms with Crippen LogP contribution in [-0.2, 0) is 0 Å². The third-order valence-corrected chi connectivity index (χ3v) is 2.02. The van der Waals surface area contributed by atoms with E-state index in [0.717, 1.165) is 0 Å². The highest BCUT2D eigenvalue weighted by molar-refractivity contribution is 5.67. The summed E-state index contributed by atoms with van der Waals surface area (Å²) in [5, 5.41) is 35.0. The van der Waals surface area contributed by atoms with Crippen molar-refractivity contribution in [3.63, 3.8) is 0 Å². The first-order valence-corrected chi connectivity index (χ1v) is 4.42. The molecule has 92 valence electrons. The van der Waals surface area contributed by atoms with Crippen molar-refractivity contribution in [3.8, 4) is 0 Å². The number of nitrogens with zero attached hydrogens (tertiary/aromatic N) is 4. The smallest absolute Gasteiger partial charge is 0.335 e. The summed E-state index contributed by atoms with van der Waals surface area (Å²) in [5.41, 5.74) is -1.78. The fraction of sp³-hybridized carbons (Fsp3) is 0.111. The SMILES string of the molecule is [N-]=C=C(C(C(=C=[N-])[N+](=O)O)c1ccco1)[N+](=O)O. The predicted molar refractivity (Wildman–Crippen MR) is 56.0 cm³/mol. The quantitative estimate of drug-likeness (QED) is 0.591. The van der Waals surface area contributed by atoms with Crippen LogP contribution >= 0.6 is 0 Å². The molecular formula is C9H6N4O5. The van der Waals surface area contributed by atoms with Crippen molar-refractivity contribution in [1.29, 1.82) is 0 Å². The van der Waals surface area contributed by atoms with Crippen LogP contribution < -0.4 is 0 Å².